The number of carbonyl (C=O) groups is 1. The van der Waals surface area contributed by atoms with Crippen LogP contribution in [0.4, 0.5) is 8.78 Å². The van der Waals surface area contributed by atoms with Gasteiger partial charge < -0.3 is 10.4 Å². The lowest BCUT2D eigenvalue weighted by Crippen LogP contribution is -2.42. The Kier molecular flexibility index (Phi) is 5.62. The predicted octanol–water partition coefficient (Wildman–Crippen LogP) is 2.42. The molecule has 112 valence electrons. The van der Waals surface area contributed by atoms with E-state index < -0.39 is 23.1 Å². The molecule has 1 aromatic carbocycles. The minimum atomic E-state index is -1.03. The first-order valence-corrected chi connectivity index (χ1v) is 6.63. The van der Waals surface area contributed by atoms with Crippen LogP contribution in [-0.2, 0) is 11.2 Å². The molecule has 1 unspecified atom stereocenters. The van der Waals surface area contributed by atoms with Crippen LogP contribution < -0.4 is 5.32 Å². The van der Waals surface area contributed by atoms with Gasteiger partial charge in [0.05, 0.1) is 12.0 Å². The van der Waals surface area contributed by atoms with E-state index in [1.807, 2.05) is 13.8 Å². The van der Waals surface area contributed by atoms with E-state index in [0.29, 0.717) is 6.42 Å². The third kappa shape index (κ3) is 5.25. The van der Waals surface area contributed by atoms with Crippen molar-refractivity contribution in [3.8, 4) is 0 Å². The van der Waals surface area contributed by atoms with E-state index in [1.165, 1.54) is 6.07 Å². The van der Waals surface area contributed by atoms with Gasteiger partial charge >= 0.3 is 0 Å². The van der Waals surface area contributed by atoms with Crippen LogP contribution in [0.3, 0.4) is 0 Å². The Balaban J connectivity index is 2.56. The average molecular weight is 285 g/mol. The van der Waals surface area contributed by atoms with Crippen LogP contribution in [0, 0.1) is 17.6 Å². The van der Waals surface area contributed by atoms with Crippen LogP contribution in [0.15, 0.2) is 18.2 Å². The SMILES string of the molecule is CC(C)CC(C)(O)CNC(=O)Cc1c(F)cccc1F. The van der Waals surface area contributed by atoms with Gasteiger partial charge in [-0.25, -0.2) is 8.78 Å². The molecule has 0 fully saturated rings. The highest BCUT2D eigenvalue weighted by molar-refractivity contribution is 5.78. The number of hydrogen-bond donors (Lipinski definition) is 2. The summed E-state index contributed by atoms with van der Waals surface area (Å²) in [4.78, 5) is 11.7. The van der Waals surface area contributed by atoms with Gasteiger partial charge in [0.1, 0.15) is 11.6 Å². The maximum Gasteiger partial charge on any atom is 0.224 e. The Bertz CT molecular complexity index is 453. The van der Waals surface area contributed by atoms with E-state index >= 15 is 0 Å². The van der Waals surface area contributed by atoms with Gasteiger partial charge in [0.2, 0.25) is 5.91 Å². The van der Waals surface area contributed by atoms with Crippen molar-refractivity contribution in [1.82, 2.24) is 5.32 Å². The van der Waals surface area contributed by atoms with E-state index in [1.54, 1.807) is 6.92 Å². The Morgan fingerprint density at radius 3 is 2.40 bits per heavy atom. The van der Waals surface area contributed by atoms with Crippen LogP contribution in [0.5, 0.6) is 0 Å². The molecule has 2 N–H and O–H groups in total. The quantitative estimate of drug-likeness (QED) is 0.843. The third-order valence-corrected chi connectivity index (χ3v) is 2.91. The number of amides is 1. The van der Waals surface area contributed by atoms with Crippen LogP contribution in [0.25, 0.3) is 0 Å². The van der Waals surface area contributed by atoms with E-state index in [-0.39, 0.29) is 24.4 Å². The van der Waals surface area contributed by atoms with Crippen molar-refractivity contribution in [1.29, 1.82) is 0 Å². The third-order valence-electron chi connectivity index (χ3n) is 2.91. The smallest absolute Gasteiger partial charge is 0.224 e. The zero-order chi connectivity index (χ0) is 15.3. The summed E-state index contributed by atoms with van der Waals surface area (Å²) >= 11 is 0. The molecular weight excluding hydrogens is 264 g/mol. The molecule has 0 aromatic heterocycles. The van der Waals surface area contributed by atoms with Gasteiger partial charge in [-0.2, -0.15) is 0 Å². The van der Waals surface area contributed by atoms with Crippen LogP contribution in [-0.4, -0.2) is 23.2 Å². The molecule has 1 rings (SSSR count). The Hall–Kier alpha value is -1.49. The van der Waals surface area contributed by atoms with Crippen molar-refractivity contribution < 1.29 is 18.7 Å². The molecule has 0 radical (unpaired) electrons. The summed E-state index contributed by atoms with van der Waals surface area (Å²) in [6.07, 6.45) is 0.150. The molecule has 1 atom stereocenters. The molecule has 1 aromatic rings. The summed E-state index contributed by atoms with van der Waals surface area (Å²) in [5.74, 6) is -1.72. The Morgan fingerprint density at radius 2 is 1.90 bits per heavy atom. The summed E-state index contributed by atoms with van der Waals surface area (Å²) in [7, 11) is 0. The standard InChI is InChI=1S/C15H21F2NO2/c1-10(2)8-15(3,20)9-18-14(19)7-11-12(16)5-4-6-13(11)17/h4-6,10,20H,7-9H2,1-3H3,(H,18,19). The van der Waals surface area contributed by atoms with Gasteiger partial charge in [0.15, 0.2) is 0 Å². The second-order valence-corrected chi connectivity index (χ2v) is 5.75. The molecule has 0 heterocycles. The minimum Gasteiger partial charge on any atom is -0.388 e. The molecule has 0 saturated heterocycles. The normalized spacial score (nSPS) is 14.2. The summed E-state index contributed by atoms with van der Waals surface area (Å²) in [6, 6.07) is 3.47. The van der Waals surface area contributed by atoms with Crippen molar-refractivity contribution in [2.45, 2.75) is 39.2 Å². The van der Waals surface area contributed by atoms with Crippen LogP contribution in [0.2, 0.25) is 0 Å². The minimum absolute atomic E-state index is 0.0556. The van der Waals surface area contributed by atoms with Crippen molar-refractivity contribution in [3.05, 3.63) is 35.4 Å². The van der Waals surface area contributed by atoms with E-state index in [4.69, 9.17) is 0 Å². The monoisotopic (exact) mass is 285 g/mol. The number of aliphatic hydroxyl groups is 1. The van der Waals surface area contributed by atoms with Gasteiger partial charge in [-0.1, -0.05) is 19.9 Å². The zero-order valence-electron chi connectivity index (χ0n) is 12.0. The average Bonchev–Trinajstić information content (AvgIpc) is 2.30. The van der Waals surface area contributed by atoms with Gasteiger partial charge in [0, 0.05) is 12.1 Å². The van der Waals surface area contributed by atoms with E-state index in [9.17, 15) is 18.7 Å². The first kappa shape index (κ1) is 16.6. The van der Waals surface area contributed by atoms with Gasteiger partial charge in [-0.15, -0.1) is 0 Å². The van der Waals surface area contributed by atoms with Crippen molar-refractivity contribution in [2.75, 3.05) is 6.54 Å². The summed E-state index contributed by atoms with van der Waals surface area (Å²) < 4.78 is 26.8. The van der Waals surface area contributed by atoms with E-state index in [0.717, 1.165) is 12.1 Å². The fourth-order valence-corrected chi connectivity index (χ4v) is 2.16. The maximum absolute atomic E-state index is 13.4. The van der Waals surface area contributed by atoms with Crippen LogP contribution >= 0.6 is 0 Å². The fraction of sp³-hybridized carbons (Fsp3) is 0.533. The predicted molar refractivity (Wildman–Crippen MR) is 73.2 cm³/mol. The van der Waals surface area contributed by atoms with Gasteiger partial charge in [0.25, 0.3) is 0 Å². The first-order chi connectivity index (χ1) is 9.21. The molecule has 0 aliphatic rings. The van der Waals surface area contributed by atoms with Gasteiger partial charge in [-0.3, -0.25) is 4.79 Å². The van der Waals surface area contributed by atoms with E-state index in [2.05, 4.69) is 5.32 Å². The lowest BCUT2D eigenvalue weighted by Gasteiger charge is -2.25. The molecular formula is C15H21F2NO2. The second kappa shape index (κ2) is 6.79. The summed E-state index contributed by atoms with van der Waals surface area (Å²) in [5, 5.41) is 12.6. The van der Waals surface area contributed by atoms with Crippen molar-refractivity contribution in [2.24, 2.45) is 5.92 Å². The Labute approximate surface area is 118 Å². The maximum atomic E-state index is 13.4. The first-order valence-electron chi connectivity index (χ1n) is 6.63. The zero-order valence-corrected chi connectivity index (χ0v) is 12.0. The topological polar surface area (TPSA) is 49.3 Å². The number of rotatable bonds is 6. The highest BCUT2D eigenvalue weighted by Crippen LogP contribution is 2.16. The molecule has 3 nitrogen and oxygen atoms in total. The number of nitrogens with one attached hydrogen (secondary N) is 1. The Morgan fingerprint density at radius 1 is 1.35 bits per heavy atom. The molecule has 1 amide bonds. The number of carbonyl (C=O) groups excluding carboxylic acids is 1. The highest BCUT2D eigenvalue weighted by Gasteiger charge is 2.23. The molecule has 0 saturated carbocycles. The van der Waals surface area contributed by atoms with Crippen LogP contribution in [0.1, 0.15) is 32.8 Å². The molecule has 20 heavy (non-hydrogen) atoms. The summed E-state index contributed by atoms with van der Waals surface area (Å²) in [6.45, 7) is 5.60. The highest BCUT2D eigenvalue weighted by atomic mass is 19.1. The second-order valence-electron chi connectivity index (χ2n) is 5.75. The number of halogens is 2. The number of benzene rings is 1. The number of hydrogen-bond acceptors (Lipinski definition) is 2. The van der Waals surface area contributed by atoms with Gasteiger partial charge in [-0.05, 0) is 31.4 Å². The lowest BCUT2D eigenvalue weighted by atomic mass is 9.94. The molecule has 0 bridgehead atoms. The molecule has 5 heteroatoms. The molecule has 0 spiro atoms. The molecule has 0 aliphatic carbocycles. The fourth-order valence-electron chi connectivity index (χ4n) is 2.16. The van der Waals surface area contributed by atoms with Crippen molar-refractivity contribution >= 4 is 5.91 Å². The summed E-state index contributed by atoms with van der Waals surface area (Å²) in [5.41, 5.74) is -1.29. The lowest BCUT2D eigenvalue weighted by molar-refractivity contribution is -0.121. The largest absolute Gasteiger partial charge is 0.388 e. The molecule has 0 aliphatic heterocycles. The van der Waals surface area contributed by atoms with Crippen molar-refractivity contribution in [3.63, 3.8) is 0 Å².